The van der Waals surface area contributed by atoms with Crippen LogP contribution in [0, 0.1) is 0 Å². The number of amides is 2. The monoisotopic (exact) mass is 238 g/mol. The van der Waals surface area contributed by atoms with Crippen molar-refractivity contribution in [2.45, 2.75) is 0 Å². The second-order valence-corrected chi connectivity index (χ2v) is 3.22. The Morgan fingerprint density at radius 1 is 1.41 bits per heavy atom. The number of nitrogen functional groups attached to an aromatic ring is 1. The third kappa shape index (κ3) is 4.94. The average molecular weight is 238 g/mol. The van der Waals surface area contributed by atoms with E-state index in [0.717, 1.165) is 0 Å². The van der Waals surface area contributed by atoms with E-state index in [0.29, 0.717) is 0 Å². The van der Waals surface area contributed by atoms with Crippen molar-refractivity contribution in [3.8, 4) is 0 Å². The van der Waals surface area contributed by atoms with Gasteiger partial charge in [-0.15, -0.1) is 0 Å². The first-order valence-electron chi connectivity index (χ1n) is 4.96. The lowest BCUT2D eigenvalue weighted by Gasteiger charge is -2.05. The summed E-state index contributed by atoms with van der Waals surface area (Å²) in [6, 6.07) is 4.78. The first-order valence-corrected chi connectivity index (χ1v) is 4.96. The highest BCUT2D eigenvalue weighted by atomic mass is 16.5. The quantitative estimate of drug-likeness (QED) is 0.543. The number of hydrogen-bond acceptors (Lipinski definition) is 5. The van der Waals surface area contributed by atoms with E-state index in [1.807, 2.05) is 0 Å². The Morgan fingerprint density at radius 3 is 2.82 bits per heavy atom. The summed E-state index contributed by atoms with van der Waals surface area (Å²) in [5, 5.41) is 2.57. The molecule has 0 aliphatic rings. The van der Waals surface area contributed by atoms with Crippen molar-refractivity contribution in [2.24, 2.45) is 5.73 Å². The first-order chi connectivity index (χ1) is 8.09. The number of carbonyl (C=O) groups is 2. The number of rotatable bonds is 6. The standard InChI is InChI=1S/C10H14N4O3/c11-8-3-1-2-7(14-8)10(16)13-4-5-17-6-9(12)15/h1-3H,4-6H2,(H2,11,14)(H2,12,15)(H,13,16). The summed E-state index contributed by atoms with van der Waals surface area (Å²) in [4.78, 5) is 25.7. The predicted octanol–water partition coefficient (Wildman–Crippen LogP) is -1.10. The van der Waals surface area contributed by atoms with Crippen molar-refractivity contribution < 1.29 is 14.3 Å². The van der Waals surface area contributed by atoms with Gasteiger partial charge in [-0.3, -0.25) is 9.59 Å². The molecule has 17 heavy (non-hydrogen) atoms. The predicted molar refractivity (Wildman–Crippen MR) is 61.0 cm³/mol. The summed E-state index contributed by atoms with van der Waals surface area (Å²) in [6.45, 7) is 0.312. The van der Waals surface area contributed by atoms with Gasteiger partial charge in [0.05, 0.1) is 6.61 Å². The van der Waals surface area contributed by atoms with Gasteiger partial charge in [0.1, 0.15) is 18.1 Å². The van der Waals surface area contributed by atoms with Crippen molar-refractivity contribution in [1.29, 1.82) is 0 Å². The fraction of sp³-hybridized carbons (Fsp3) is 0.300. The van der Waals surface area contributed by atoms with Gasteiger partial charge in [-0.05, 0) is 12.1 Å². The molecule has 0 unspecified atom stereocenters. The van der Waals surface area contributed by atoms with Crippen LogP contribution in [-0.2, 0) is 9.53 Å². The zero-order valence-electron chi connectivity index (χ0n) is 9.18. The van der Waals surface area contributed by atoms with Crippen molar-refractivity contribution in [3.63, 3.8) is 0 Å². The maximum atomic E-state index is 11.5. The molecule has 0 radical (unpaired) electrons. The zero-order chi connectivity index (χ0) is 12.7. The molecule has 92 valence electrons. The van der Waals surface area contributed by atoms with Crippen LogP contribution in [0.3, 0.4) is 0 Å². The van der Waals surface area contributed by atoms with Crippen LogP contribution < -0.4 is 16.8 Å². The highest BCUT2D eigenvalue weighted by Crippen LogP contribution is 1.99. The van der Waals surface area contributed by atoms with E-state index in [4.69, 9.17) is 16.2 Å². The van der Waals surface area contributed by atoms with Crippen LogP contribution in [0.25, 0.3) is 0 Å². The molecule has 0 aliphatic heterocycles. The molecule has 0 saturated heterocycles. The number of anilines is 1. The molecule has 5 N–H and O–H groups in total. The van der Waals surface area contributed by atoms with Crippen LogP contribution >= 0.6 is 0 Å². The lowest BCUT2D eigenvalue weighted by atomic mass is 10.3. The van der Waals surface area contributed by atoms with Gasteiger partial charge in [-0.25, -0.2) is 4.98 Å². The molecule has 0 bridgehead atoms. The number of nitrogens with zero attached hydrogens (tertiary/aromatic N) is 1. The van der Waals surface area contributed by atoms with Crippen LogP contribution in [0.2, 0.25) is 0 Å². The summed E-state index contributed by atoms with van der Waals surface area (Å²) in [7, 11) is 0. The summed E-state index contributed by atoms with van der Waals surface area (Å²) in [5.74, 6) is -0.614. The molecule has 0 fully saturated rings. The minimum Gasteiger partial charge on any atom is -0.384 e. The van der Waals surface area contributed by atoms with E-state index in [1.54, 1.807) is 18.2 Å². The highest BCUT2D eigenvalue weighted by Gasteiger charge is 2.06. The molecule has 2 amide bonds. The molecule has 1 rings (SSSR count). The molecule has 0 spiro atoms. The van der Waals surface area contributed by atoms with Crippen molar-refractivity contribution in [2.75, 3.05) is 25.5 Å². The van der Waals surface area contributed by atoms with Gasteiger partial charge >= 0.3 is 0 Å². The van der Waals surface area contributed by atoms with Gasteiger partial charge in [0, 0.05) is 6.54 Å². The van der Waals surface area contributed by atoms with Crippen molar-refractivity contribution in [3.05, 3.63) is 23.9 Å². The van der Waals surface area contributed by atoms with E-state index in [-0.39, 0.29) is 37.2 Å². The summed E-state index contributed by atoms with van der Waals surface area (Å²) in [6.07, 6.45) is 0. The number of nitrogens with one attached hydrogen (secondary N) is 1. The number of pyridine rings is 1. The Hall–Kier alpha value is -2.15. The van der Waals surface area contributed by atoms with E-state index in [2.05, 4.69) is 10.3 Å². The Balaban J connectivity index is 2.28. The van der Waals surface area contributed by atoms with Gasteiger partial charge in [0.15, 0.2) is 0 Å². The smallest absolute Gasteiger partial charge is 0.270 e. The SMILES string of the molecule is NC(=O)COCCNC(=O)c1cccc(N)n1. The molecule has 1 heterocycles. The van der Waals surface area contributed by atoms with E-state index < -0.39 is 5.91 Å². The minimum atomic E-state index is -0.547. The maximum Gasteiger partial charge on any atom is 0.270 e. The van der Waals surface area contributed by atoms with Crippen LogP contribution in [-0.4, -0.2) is 36.6 Å². The van der Waals surface area contributed by atoms with Gasteiger partial charge in [0.2, 0.25) is 5.91 Å². The summed E-state index contributed by atoms with van der Waals surface area (Å²) in [5.41, 5.74) is 10.5. The number of nitrogens with two attached hydrogens (primary N) is 2. The van der Waals surface area contributed by atoms with E-state index >= 15 is 0 Å². The largest absolute Gasteiger partial charge is 0.384 e. The van der Waals surface area contributed by atoms with Crippen LogP contribution in [0.1, 0.15) is 10.5 Å². The second kappa shape index (κ2) is 6.44. The molecule has 1 aromatic rings. The van der Waals surface area contributed by atoms with Crippen molar-refractivity contribution in [1.82, 2.24) is 10.3 Å². The molecule has 7 heteroatoms. The van der Waals surface area contributed by atoms with Gasteiger partial charge in [-0.2, -0.15) is 0 Å². The van der Waals surface area contributed by atoms with Gasteiger partial charge < -0.3 is 21.5 Å². The zero-order valence-corrected chi connectivity index (χ0v) is 9.18. The fourth-order valence-electron chi connectivity index (χ4n) is 1.08. The third-order valence-electron chi connectivity index (χ3n) is 1.78. The lowest BCUT2D eigenvalue weighted by molar-refractivity contribution is -0.122. The molecule has 0 atom stereocenters. The summed E-state index contributed by atoms with van der Waals surface area (Å²) >= 11 is 0. The molecule has 1 aromatic heterocycles. The minimum absolute atomic E-state index is 0.160. The molecular formula is C10H14N4O3. The number of hydrogen-bond donors (Lipinski definition) is 3. The first kappa shape index (κ1) is 12.9. The molecule has 0 aromatic carbocycles. The Morgan fingerprint density at radius 2 is 2.18 bits per heavy atom. The van der Waals surface area contributed by atoms with Gasteiger partial charge in [-0.1, -0.05) is 6.07 Å². The van der Waals surface area contributed by atoms with E-state index in [1.165, 1.54) is 0 Å². The van der Waals surface area contributed by atoms with Crippen LogP contribution in [0.15, 0.2) is 18.2 Å². The number of carbonyl (C=O) groups excluding carboxylic acids is 2. The number of primary amides is 1. The number of aromatic nitrogens is 1. The third-order valence-corrected chi connectivity index (χ3v) is 1.78. The summed E-state index contributed by atoms with van der Waals surface area (Å²) < 4.78 is 4.87. The Labute approximate surface area is 98.1 Å². The highest BCUT2D eigenvalue weighted by molar-refractivity contribution is 5.92. The normalized spacial score (nSPS) is 9.88. The van der Waals surface area contributed by atoms with Crippen LogP contribution in [0.5, 0.6) is 0 Å². The molecular weight excluding hydrogens is 224 g/mol. The van der Waals surface area contributed by atoms with E-state index in [9.17, 15) is 9.59 Å². The molecule has 0 aliphatic carbocycles. The average Bonchev–Trinajstić information content (AvgIpc) is 2.28. The van der Waals surface area contributed by atoms with Crippen LogP contribution in [0.4, 0.5) is 5.82 Å². The molecule has 0 saturated carbocycles. The van der Waals surface area contributed by atoms with Crippen molar-refractivity contribution >= 4 is 17.6 Å². The van der Waals surface area contributed by atoms with Gasteiger partial charge in [0.25, 0.3) is 5.91 Å². The topological polar surface area (TPSA) is 120 Å². The Kier molecular flexibility index (Phi) is 4.89. The molecule has 7 nitrogen and oxygen atoms in total. The maximum absolute atomic E-state index is 11.5. The number of ether oxygens (including phenoxy) is 1. The lowest BCUT2D eigenvalue weighted by Crippen LogP contribution is -2.29. The Bertz CT molecular complexity index is 408. The second-order valence-electron chi connectivity index (χ2n) is 3.22. The fourth-order valence-corrected chi connectivity index (χ4v) is 1.08.